The lowest BCUT2D eigenvalue weighted by Crippen LogP contribution is -2.33. The van der Waals surface area contributed by atoms with Gasteiger partial charge in [0.1, 0.15) is 12.3 Å². The van der Waals surface area contributed by atoms with Crippen molar-refractivity contribution < 1.29 is 14.3 Å². The Hall–Kier alpha value is -2.58. The summed E-state index contributed by atoms with van der Waals surface area (Å²) in [5.74, 6) is 3.00. The van der Waals surface area contributed by atoms with Gasteiger partial charge in [0.15, 0.2) is 6.61 Å². The summed E-state index contributed by atoms with van der Waals surface area (Å²) in [7, 11) is 0. The predicted octanol–water partition coefficient (Wildman–Crippen LogP) is 5.40. The van der Waals surface area contributed by atoms with Gasteiger partial charge in [-0.15, -0.1) is 23.5 Å². The van der Waals surface area contributed by atoms with Crippen LogP contribution in [0.2, 0.25) is 0 Å². The van der Waals surface area contributed by atoms with E-state index in [0.717, 1.165) is 10.9 Å². The molecule has 1 aliphatic rings. The van der Waals surface area contributed by atoms with Crippen molar-refractivity contribution in [1.29, 1.82) is 0 Å². The van der Waals surface area contributed by atoms with Crippen LogP contribution >= 0.6 is 23.5 Å². The zero-order valence-electron chi connectivity index (χ0n) is 19.7. The number of rotatable bonds is 9. The van der Waals surface area contributed by atoms with E-state index in [1.54, 1.807) is 0 Å². The summed E-state index contributed by atoms with van der Waals surface area (Å²) in [5.41, 5.74) is 2.96. The predicted molar refractivity (Wildman–Crippen MR) is 143 cm³/mol. The van der Waals surface area contributed by atoms with E-state index in [0.29, 0.717) is 35.7 Å². The first-order valence-corrected chi connectivity index (χ1v) is 13.8. The van der Waals surface area contributed by atoms with Crippen molar-refractivity contribution in [3.05, 3.63) is 60.3 Å². The Kier molecular flexibility index (Phi) is 8.45. The van der Waals surface area contributed by atoms with Crippen molar-refractivity contribution in [2.45, 2.75) is 31.4 Å². The number of hydrogen-bond donors (Lipinski definition) is 1. The zero-order valence-corrected chi connectivity index (χ0v) is 21.3. The Morgan fingerprint density at radius 3 is 2.50 bits per heavy atom. The molecule has 0 spiro atoms. The third-order valence-corrected chi connectivity index (χ3v) is 8.84. The molecule has 34 heavy (non-hydrogen) atoms. The number of nitrogens with zero attached hydrogens (tertiary/aromatic N) is 2. The fraction of sp³-hybridized carbons (Fsp3) is 0.385. The average Bonchev–Trinajstić information content (AvgIpc) is 3.26. The smallest absolute Gasteiger partial charge is 0.262 e. The van der Waals surface area contributed by atoms with Gasteiger partial charge in [-0.05, 0) is 73.7 Å². The Morgan fingerprint density at radius 1 is 1.06 bits per heavy atom. The number of ether oxygens (including phenoxy) is 1. The van der Waals surface area contributed by atoms with Crippen LogP contribution in [0.25, 0.3) is 10.9 Å². The maximum absolute atomic E-state index is 12.4. The zero-order chi connectivity index (χ0) is 23.9. The summed E-state index contributed by atoms with van der Waals surface area (Å²) in [5, 5.41) is 3.87. The standard InChI is InChI=1S/C26H31N3O3S2/c1-3-28(4-2)25(31)17-29-13-12-20-16-21(8-11-23(20)29)27-24(30)18-32-22-9-6-19(7-10-22)26-33-14-5-15-34-26/h6-13,16,26H,3-5,14-15,17-18H2,1-2H3,(H,27,30). The van der Waals surface area contributed by atoms with Crippen LogP contribution in [0, 0.1) is 0 Å². The number of fused-ring (bicyclic) bond motifs is 1. The molecule has 0 radical (unpaired) electrons. The van der Waals surface area contributed by atoms with Gasteiger partial charge in [0.05, 0.1) is 4.58 Å². The van der Waals surface area contributed by atoms with E-state index in [9.17, 15) is 9.59 Å². The van der Waals surface area contributed by atoms with E-state index in [4.69, 9.17) is 4.74 Å². The van der Waals surface area contributed by atoms with E-state index >= 15 is 0 Å². The Morgan fingerprint density at radius 2 is 1.79 bits per heavy atom. The Balaban J connectivity index is 1.31. The van der Waals surface area contributed by atoms with Crippen molar-refractivity contribution in [1.82, 2.24) is 9.47 Å². The molecule has 1 N–H and O–H groups in total. The van der Waals surface area contributed by atoms with Crippen LogP contribution in [0.15, 0.2) is 54.7 Å². The lowest BCUT2D eigenvalue weighted by atomic mass is 10.2. The first kappa shape index (κ1) is 24.5. The first-order valence-electron chi connectivity index (χ1n) is 11.7. The summed E-state index contributed by atoms with van der Waals surface area (Å²) in [4.78, 5) is 26.7. The van der Waals surface area contributed by atoms with Gasteiger partial charge in [0.25, 0.3) is 5.91 Å². The third-order valence-electron chi connectivity index (χ3n) is 5.83. The molecule has 180 valence electrons. The fourth-order valence-electron chi connectivity index (χ4n) is 3.99. The van der Waals surface area contributed by atoms with Crippen molar-refractivity contribution in [2.75, 3.05) is 36.5 Å². The molecule has 1 fully saturated rings. The van der Waals surface area contributed by atoms with Crippen molar-refractivity contribution in [3.63, 3.8) is 0 Å². The van der Waals surface area contributed by atoms with Crippen LogP contribution in [0.3, 0.4) is 0 Å². The Labute approximate surface area is 209 Å². The first-order chi connectivity index (χ1) is 16.6. The maximum atomic E-state index is 12.4. The largest absolute Gasteiger partial charge is 0.484 e. The van der Waals surface area contributed by atoms with Gasteiger partial charge in [0.2, 0.25) is 5.91 Å². The number of nitrogens with one attached hydrogen (secondary N) is 1. The third kappa shape index (κ3) is 6.10. The topological polar surface area (TPSA) is 63.6 Å². The molecule has 1 aliphatic heterocycles. The van der Waals surface area contributed by atoms with E-state index in [-0.39, 0.29) is 18.4 Å². The molecule has 0 aliphatic carbocycles. The number of amides is 2. The van der Waals surface area contributed by atoms with Crippen molar-refractivity contribution >= 4 is 51.9 Å². The van der Waals surface area contributed by atoms with Gasteiger partial charge >= 0.3 is 0 Å². The fourth-order valence-corrected chi connectivity index (χ4v) is 6.88. The van der Waals surface area contributed by atoms with E-state index in [2.05, 4.69) is 17.4 Å². The van der Waals surface area contributed by atoms with Gasteiger partial charge in [-0.1, -0.05) is 12.1 Å². The number of likely N-dealkylation sites (N-methyl/N-ethyl adjacent to an activating group) is 1. The minimum atomic E-state index is -0.210. The number of benzene rings is 2. The highest BCUT2D eigenvalue weighted by molar-refractivity contribution is 8.16. The monoisotopic (exact) mass is 497 g/mol. The highest BCUT2D eigenvalue weighted by Crippen LogP contribution is 2.43. The minimum absolute atomic E-state index is 0.0519. The second-order valence-corrected chi connectivity index (χ2v) is 10.8. The van der Waals surface area contributed by atoms with Gasteiger partial charge in [-0.25, -0.2) is 0 Å². The van der Waals surface area contributed by atoms with Gasteiger partial charge in [0, 0.05) is 35.9 Å². The number of thioether (sulfide) groups is 2. The lowest BCUT2D eigenvalue weighted by Gasteiger charge is -2.21. The molecule has 3 aromatic rings. The number of hydrogen-bond acceptors (Lipinski definition) is 5. The summed E-state index contributed by atoms with van der Waals surface area (Å²) >= 11 is 3.97. The highest BCUT2D eigenvalue weighted by atomic mass is 32.2. The molecule has 1 aromatic heterocycles. The van der Waals surface area contributed by atoms with Crippen LogP contribution in [0.5, 0.6) is 5.75 Å². The minimum Gasteiger partial charge on any atom is -0.484 e. The molecule has 8 heteroatoms. The molecular weight excluding hydrogens is 466 g/mol. The van der Waals surface area contributed by atoms with E-state index < -0.39 is 0 Å². The molecule has 6 nitrogen and oxygen atoms in total. The lowest BCUT2D eigenvalue weighted by molar-refractivity contribution is -0.131. The number of carbonyl (C=O) groups is 2. The second-order valence-electron chi connectivity index (χ2n) is 8.12. The van der Waals surface area contributed by atoms with Gasteiger partial charge < -0.3 is 19.5 Å². The molecule has 0 atom stereocenters. The quantitative estimate of drug-likeness (QED) is 0.429. The molecule has 2 heterocycles. The highest BCUT2D eigenvalue weighted by Gasteiger charge is 2.16. The van der Waals surface area contributed by atoms with Crippen LogP contribution in [-0.4, -0.2) is 52.5 Å². The molecule has 1 saturated heterocycles. The second kappa shape index (κ2) is 11.7. The number of aromatic nitrogens is 1. The summed E-state index contributed by atoms with van der Waals surface area (Å²) < 4.78 is 8.12. The van der Waals surface area contributed by atoms with Gasteiger partial charge in [-0.3, -0.25) is 9.59 Å². The molecule has 0 saturated carbocycles. The molecule has 4 rings (SSSR count). The molecule has 2 amide bonds. The average molecular weight is 498 g/mol. The van der Waals surface area contributed by atoms with Crippen LogP contribution in [0.1, 0.15) is 30.4 Å². The molecule has 0 bridgehead atoms. The van der Waals surface area contributed by atoms with E-state index in [1.807, 2.05) is 89.4 Å². The summed E-state index contributed by atoms with van der Waals surface area (Å²) in [6.07, 6.45) is 3.19. The number of anilines is 1. The van der Waals surface area contributed by atoms with Crippen molar-refractivity contribution in [3.8, 4) is 5.75 Å². The summed E-state index contributed by atoms with van der Waals surface area (Å²) in [6.45, 7) is 5.63. The molecular formula is C26H31N3O3S2. The maximum Gasteiger partial charge on any atom is 0.262 e. The van der Waals surface area contributed by atoms with E-state index in [1.165, 1.54) is 23.5 Å². The van der Waals surface area contributed by atoms with Gasteiger partial charge in [-0.2, -0.15) is 0 Å². The van der Waals surface area contributed by atoms with Crippen molar-refractivity contribution in [2.24, 2.45) is 0 Å². The Bertz CT molecular complexity index is 1120. The van der Waals surface area contributed by atoms with Crippen LogP contribution in [0.4, 0.5) is 5.69 Å². The normalized spacial score (nSPS) is 14.2. The summed E-state index contributed by atoms with van der Waals surface area (Å²) in [6, 6.07) is 15.7. The number of carbonyl (C=O) groups excluding carboxylic acids is 2. The molecule has 2 aromatic carbocycles. The molecule has 0 unspecified atom stereocenters. The SMILES string of the molecule is CCN(CC)C(=O)Cn1ccc2cc(NC(=O)COc3ccc(C4SCCCS4)cc3)ccc21. The van der Waals surface area contributed by atoms with Crippen LogP contribution < -0.4 is 10.1 Å². The van der Waals surface area contributed by atoms with Crippen LogP contribution in [-0.2, 0) is 16.1 Å².